The molecule has 0 aliphatic heterocycles. The lowest BCUT2D eigenvalue weighted by Crippen LogP contribution is -1.88. The van der Waals surface area contributed by atoms with Crippen molar-refractivity contribution in [2.75, 3.05) is 0 Å². The smallest absolute Gasteiger partial charge is 0.0346 e. The molecule has 0 atom stereocenters. The summed E-state index contributed by atoms with van der Waals surface area (Å²) in [6.07, 6.45) is 3.83. The van der Waals surface area contributed by atoms with E-state index in [4.69, 9.17) is 0 Å². The Morgan fingerprint density at radius 2 is 1.20 bits per heavy atom. The van der Waals surface area contributed by atoms with E-state index in [9.17, 15) is 0 Å². The lowest BCUT2D eigenvalue weighted by Gasteiger charge is -2.12. The number of rotatable bonds is 3. The molecular weight excluding hydrogens is 362 g/mol. The molecule has 0 unspecified atom stereocenters. The fraction of sp³-hybridized carbons (Fsp3) is 0.0690. The Hall–Kier alpha value is -3.71. The van der Waals surface area contributed by atoms with Gasteiger partial charge in [0.25, 0.3) is 0 Å². The van der Waals surface area contributed by atoms with Gasteiger partial charge in [0.15, 0.2) is 0 Å². The third kappa shape index (κ3) is 3.51. The average Bonchev–Trinajstić information content (AvgIpc) is 2.78. The Balaban J connectivity index is 1.69. The number of fused-ring (bicyclic) bond motifs is 1. The van der Waals surface area contributed by atoms with E-state index in [1.165, 1.54) is 49.9 Å². The van der Waals surface area contributed by atoms with Crippen LogP contribution in [0.1, 0.15) is 11.1 Å². The Morgan fingerprint density at radius 1 is 0.533 bits per heavy atom. The van der Waals surface area contributed by atoms with Gasteiger partial charge in [0, 0.05) is 17.8 Å². The largest absolute Gasteiger partial charge is 0.264 e. The molecule has 1 heteroatoms. The van der Waals surface area contributed by atoms with Crippen molar-refractivity contribution < 1.29 is 0 Å². The fourth-order valence-electron chi connectivity index (χ4n) is 4.25. The van der Waals surface area contributed by atoms with Crippen LogP contribution in [0.2, 0.25) is 0 Å². The highest BCUT2D eigenvalue weighted by atomic mass is 14.6. The molecule has 5 aromatic rings. The minimum atomic E-state index is 1.16. The quantitative estimate of drug-likeness (QED) is 0.308. The lowest BCUT2D eigenvalue weighted by atomic mass is 9.92. The number of hydrogen-bond donors (Lipinski definition) is 0. The van der Waals surface area contributed by atoms with Crippen LogP contribution in [0.15, 0.2) is 103 Å². The summed E-state index contributed by atoms with van der Waals surface area (Å²) < 4.78 is 0. The topological polar surface area (TPSA) is 12.9 Å². The van der Waals surface area contributed by atoms with Gasteiger partial charge in [-0.1, -0.05) is 77.9 Å². The van der Waals surface area contributed by atoms with Crippen LogP contribution in [0.25, 0.3) is 44.2 Å². The molecular formula is C29H23N. The van der Waals surface area contributed by atoms with E-state index in [2.05, 4.69) is 110 Å². The summed E-state index contributed by atoms with van der Waals surface area (Å²) in [5.74, 6) is 0. The van der Waals surface area contributed by atoms with Crippen LogP contribution < -0.4 is 0 Å². The van der Waals surface area contributed by atoms with Crippen molar-refractivity contribution >= 4 is 10.8 Å². The van der Waals surface area contributed by atoms with Crippen LogP contribution >= 0.6 is 0 Å². The molecule has 0 aliphatic carbocycles. The zero-order valence-corrected chi connectivity index (χ0v) is 17.3. The van der Waals surface area contributed by atoms with Crippen molar-refractivity contribution in [3.8, 4) is 33.4 Å². The highest BCUT2D eigenvalue weighted by Crippen LogP contribution is 2.35. The van der Waals surface area contributed by atoms with Gasteiger partial charge in [0.05, 0.1) is 0 Å². The molecule has 0 radical (unpaired) electrons. The van der Waals surface area contributed by atoms with Crippen molar-refractivity contribution in [2.24, 2.45) is 0 Å². The summed E-state index contributed by atoms with van der Waals surface area (Å²) in [7, 11) is 0. The SMILES string of the molecule is Cc1cc(C)cc(-c2cccc(-c3cc(-c4ccccc4)c4ccncc4c3)c2)c1. The molecule has 1 aromatic heterocycles. The van der Waals surface area contributed by atoms with Gasteiger partial charge in [0.2, 0.25) is 0 Å². The number of benzene rings is 4. The first-order valence-corrected chi connectivity index (χ1v) is 10.3. The monoisotopic (exact) mass is 385 g/mol. The molecule has 1 heterocycles. The van der Waals surface area contributed by atoms with Gasteiger partial charge in [-0.05, 0) is 76.9 Å². The Labute approximate surface area is 177 Å². The van der Waals surface area contributed by atoms with Gasteiger partial charge in [-0.15, -0.1) is 0 Å². The molecule has 1 nitrogen and oxygen atoms in total. The maximum Gasteiger partial charge on any atom is 0.0346 e. The first-order chi connectivity index (χ1) is 14.7. The molecule has 0 saturated carbocycles. The Kier molecular flexibility index (Phi) is 4.65. The Bertz CT molecular complexity index is 1330. The summed E-state index contributed by atoms with van der Waals surface area (Å²) in [4.78, 5) is 4.37. The number of hydrogen-bond acceptors (Lipinski definition) is 1. The van der Waals surface area contributed by atoms with Crippen molar-refractivity contribution in [2.45, 2.75) is 13.8 Å². The van der Waals surface area contributed by atoms with Crippen LogP contribution in [0.3, 0.4) is 0 Å². The van der Waals surface area contributed by atoms with Crippen LogP contribution in [-0.4, -0.2) is 4.98 Å². The second-order valence-electron chi connectivity index (χ2n) is 7.94. The highest BCUT2D eigenvalue weighted by Gasteiger charge is 2.09. The molecule has 0 N–H and O–H groups in total. The van der Waals surface area contributed by atoms with Gasteiger partial charge in [0.1, 0.15) is 0 Å². The fourth-order valence-corrected chi connectivity index (χ4v) is 4.25. The highest BCUT2D eigenvalue weighted by molar-refractivity contribution is 5.99. The van der Waals surface area contributed by atoms with E-state index in [-0.39, 0.29) is 0 Å². The number of aryl methyl sites for hydroxylation is 2. The molecule has 144 valence electrons. The lowest BCUT2D eigenvalue weighted by molar-refractivity contribution is 1.36. The first-order valence-electron chi connectivity index (χ1n) is 10.3. The number of nitrogens with zero attached hydrogens (tertiary/aromatic N) is 1. The third-order valence-corrected chi connectivity index (χ3v) is 5.59. The summed E-state index contributed by atoms with van der Waals surface area (Å²) in [6, 6.07) is 32.8. The van der Waals surface area contributed by atoms with Crippen molar-refractivity contribution in [1.29, 1.82) is 0 Å². The maximum atomic E-state index is 4.37. The van der Waals surface area contributed by atoms with E-state index in [0.29, 0.717) is 0 Å². The standard InChI is InChI=1S/C29H23N/c1-20-13-21(2)15-25(14-20)23-9-6-10-24(16-23)26-17-27-19-30-12-11-28(27)29(18-26)22-7-4-3-5-8-22/h3-19H,1-2H3. The molecule has 4 aromatic carbocycles. The number of aromatic nitrogens is 1. The van der Waals surface area contributed by atoms with Gasteiger partial charge in [-0.2, -0.15) is 0 Å². The van der Waals surface area contributed by atoms with Gasteiger partial charge >= 0.3 is 0 Å². The second-order valence-corrected chi connectivity index (χ2v) is 7.94. The van der Waals surface area contributed by atoms with Gasteiger partial charge in [-0.25, -0.2) is 0 Å². The second kappa shape index (κ2) is 7.61. The van der Waals surface area contributed by atoms with E-state index in [1.54, 1.807) is 0 Å². The molecule has 0 bridgehead atoms. The van der Waals surface area contributed by atoms with E-state index in [0.717, 1.165) is 5.39 Å². The van der Waals surface area contributed by atoms with Crippen molar-refractivity contribution in [3.05, 3.63) is 115 Å². The maximum absolute atomic E-state index is 4.37. The average molecular weight is 386 g/mol. The van der Waals surface area contributed by atoms with Crippen LogP contribution in [0.4, 0.5) is 0 Å². The number of pyridine rings is 1. The Morgan fingerprint density at radius 3 is 1.93 bits per heavy atom. The minimum Gasteiger partial charge on any atom is -0.264 e. The predicted molar refractivity (Wildman–Crippen MR) is 128 cm³/mol. The van der Waals surface area contributed by atoms with Crippen LogP contribution in [0.5, 0.6) is 0 Å². The molecule has 5 rings (SSSR count). The molecule has 0 spiro atoms. The van der Waals surface area contributed by atoms with Crippen molar-refractivity contribution in [3.63, 3.8) is 0 Å². The van der Waals surface area contributed by atoms with Crippen LogP contribution in [0, 0.1) is 13.8 Å². The summed E-state index contributed by atoms with van der Waals surface area (Å²) in [5, 5.41) is 2.39. The summed E-state index contributed by atoms with van der Waals surface area (Å²) in [5.41, 5.74) is 9.97. The zero-order chi connectivity index (χ0) is 20.5. The van der Waals surface area contributed by atoms with Gasteiger partial charge < -0.3 is 0 Å². The summed E-state index contributed by atoms with van der Waals surface area (Å²) in [6.45, 7) is 4.31. The first kappa shape index (κ1) is 18.3. The van der Waals surface area contributed by atoms with Crippen LogP contribution in [-0.2, 0) is 0 Å². The molecule has 0 fully saturated rings. The molecule has 0 amide bonds. The molecule has 0 saturated heterocycles. The zero-order valence-electron chi connectivity index (χ0n) is 17.3. The molecule has 30 heavy (non-hydrogen) atoms. The normalized spacial score (nSPS) is 11.0. The van der Waals surface area contributed by atoms with E-state index >= 15 is 0 Å². The molecule has 0 aliphatic rings. The van der Waals surface area contributed by atoms with E-state index < -0.39 is 0 Å². The minimum absolute atomic E-state index is 1.16. The predicted octanol–water partition coefficient (Wildman–Crippen LogP) is 7.85. The van der Waals surface area contributed by atoms with Crippen molar-refractivity contribution in [1.82, 2.24) is 4.98 Å². The van der Waals surface area contributed by atoms with E-state index in [1.807, 2.05) is 12.4 Å². The third-order valence-electron chi connectivity index (χ3n) is 5.59. The summed E-state index contributed by atoms with van der Waals surface area (Å²) >= 11 is 0. The van der Waals surface area contributed by atoms with Gasteiger partial charge in [-0.3, -0.25) is 4.98 Å².